The van der Waals surface area contributed by atoms with Crippen molar-refractivity contribution in [1.82, 2.24) is 0 Å². The second kappa shape index (κ2) is 7.18. The molecule has 0 aliphatic rings. The molecule has 0 bridgehead atoms. The molecule has 2 aromatic rings. The molecule has 1 N–H and O–H groups in total. The predicted octanol–water partition coefficient (Wildman–Crippen LogP) is 3.77. The Hall–Kier alpha value is -2.20. The monoisotopic (exact) mass is 320 g/mol. The summed E-state index contributed by atoms with van der Waals surface area (Å²) in [7, 11) is 3.12. The molecule has 1 atom stereocenters. The van der Waals surface area contributed by atoms with E-state index < -0.39 is 11.9 Å². The van der Waals surface area contributed by atoms with Gasteiger partial charge in [-0.2, -0.15) is 0 Å². The SMILES string of the molecule is COc1ccc(OC)c(CC(C(=O)O)c2cccc(Cl)c2)c1. The lowest BCUT2D eigenvalue weighted by atomic mass is 9.91. The summed E-state index contributed by atoms with van der Waals surface area (Å²) in [6.07, 6.45) is 0.288. The molecular formula is C17H17ClO4. The lowest BCUT2D eigenvalue weighted by Crippen LogP contribution is -2.15. The molecule has 5 heteroatoms. The largest absolute Gasteiger partial charge is 0.497 e. The van der Waals surface area contributed by atoms with E-state index >= 15 is 0 Å². The third-order valence-corrected chi connectivity index (χ3v) is 3.70. The minimum Gasteiger partial charge on any atom is -0.497 e. The zero-order chi connectivity index (χ0) is 16.1. The zero-order valence-corrected chi connectivity index (χ0v) is 13.1. The first kappa shape index (κ1) is 16.2. The summed E-state index contributed by atoms with van der Waals surface area (Å²) in [5.74, 6) is -0.327. The predicted molar refractivity (Wildman–Crippen MR) is 85.1 cm³/mol. The number of carbonyl (C=O) groups is 1. The van der Waals surface area contributed by atoms with Crippen LogP contribution in [-0.2, 0) is 11.2 Å². The van der Waals surface area contributed by atoms with Crippen molar-refractivity contribution in [1.29, 1.82) is 0 Å². The minimum atomic E-state index is -0.910. The van der Waals surface area contributed by atoms with Gasteiger partial charge in [-0.25, -0.2) is 0 Å². The molecule has 1 unspecified atom stereocenters. The highest BCUT2D eigenvalue weighted by atomic mass is 35.5. The minimum absolute atomic E-state index is 0.288. The van der Waals surface area contributed by atoms with Crippen LogP contribution in [0.2, 0.25) is 5.02 Å². The van der Waals surface area contributed by atoms with E-state index in [-0.39, 0.29) is 6.42 Å². The molecule has 0 saturated heterocycles. The first-order valence-electron chi connectivity index (χ1n) is 6.74. The van der Waals surface area contributed by atoms with Crippen molar-refractivity contribution in [2.75, 3.05) is 14.2 Å². The number of halogens is 1. The number of methoxy groups -OCH3 is 2. The van der Waals surface area contributed by atoms with Crippen LogP contribution in [0.3, 0.4) is 0 Å². The third kappa shape index (κ3) is 3.71. The average Bonchev–Trinajstić information content (AvgIpc) is 2.52. The van der Waals surface area contributed by atoms with Gasteiger partial charge >= 0.3 is 5.97 Å². The molecule has 0 spiro atoms. The van der Waals surface area contributed by atoms with E-state index in [2.05, 4.69) is 0 Å². The maximum Gasteiger partial charge on any atom is 0.311 e. The molecule has 0 aromatic heterocycles. The normalized spacial score (nSPS) is 11.8. The molecule has 116 valence electrons. The lowest BCUT2D eigenvalue weighted by Gasteiger charge is -2.16. The van der Waals surface area contributed by atoms with Crippen LogP contribution in [0.1, 0.15) is 17.0 Å². The quantitative estimate of drug-likeness (QED) is 0.880. The van der Waals surface area contributed by atoms with Gasteiger partial charge in [0.05, 0.1) is 20.1 Å². The number of carboxylic acid groups (broad SMARTS) is 1. The van der Waals surface area contributed by atoms with Crippen molar-refractivity contribution < 1.29 is 19.4 Å². The fourth-order valence-corrected chi connectivity index (χ4v) is 2.53. The van der Waals surface area contributed by atoms with Gasteiger partial charge in [-0.05, 0) is 47.9 Å². The second-order valence-electron chi connectivity index (χ2n) is 4.83. The standard InChI is InChI=1S/C17H17ClO4/c1-21-14-6-7-16(22-2)12(9-14)10-15(17(19)20)11-4-3-5-13(18)8-11/h3-9,15H,10H2,1-2H3,(H,19,20). The first-order valence-corrected chi connectivity index (χ1v) is 7.12. The maximum atomic E-state index is 11.7. The maximum absolute atomic E-state index is 11.7. The van der Waals surface area contributed by atoms with Gasteiger partial charge in [-0.1, -0.05) is 23.7 Å². The topological polar surface area (TPSA) is 55.8 Å². The Labute approximate surface area is 134 Å². The highest BCUT2D eigenvalue weighted by molar-refractivity contribution is 6.30. The van der Waals surface area contributed by atoms with E-state index in [0.717, 1.165) is 5.56 Å². The van der Waals surface area contributed by atoms with Gasteiger partial charge in [-0.3, -0.25) is 4.79 Å². The summed E-state index contributed by atoms with van der Waals surface area (Å²) in [5, 5.41) is 10.1. The molecule has 2 rings (SSSR count). The molecule has 0 aliphatic carbocycles. The lowest BCUT2D eigenvalue weighted by molar-refractivity contribution is -0.138. The van der Waals surface area contributed by atoms with E-state index in [1.165, 1.54) is 0 Å². The zero-order valence-electron chi connectivity index (χ0n) is 12.4. The number of benzene rings is 2. The Kier molecular flexibility index (Phi) is 5.28. The Bertz CT molecular complexity index is 669. The van der Waals surface area contributed by atoms with E-state index in [9.17, 15) is 9.90 Å². The summed E-state index contributed by atoms with van der Waals surface area (Å²) in [5.41, 5.74) is 1.43. The van der Waals surface area contributed by atoms with Crippen LogP contribution in [0.15, 0.2) is 42.5 Å². The van der Waals surface area contributed by atoms with Gasteiger partial charge in [0.2, 0.25) is 0 Å². The van der Waals surface area contributed by atoms with Gasteiger partial charge in [0.25, 0.3) is 0 Å². The summed E-state index contributed by atoms with van der Waals surface area (Å²) in [4.78, 5) is 11.7. The number of hydrogen-bond acceptors (Lipinski definition) is 3. The van der Waals surface area contributed by atoms with Gasteiger partial charge in [-0.15, -0.1) is 0 Å². The van der Waals surface area contributed by atoms with E-state index in [4.69, 9.17) is 21.1 Å². The first-order chi connectivity index (χ1) is 10.5. The van der Waals surface area contributed by atoms with Gasteiger partial charge in [0.15, 0.2) is 0 Å². The van der Waals surface area contributed by atoms with Crippen LogP contribution in [0.4, 0.5) is 0 Å². The molecule has 0 aliphatic heterocycles. The third-order valence-electron chi connectivity index (χ3n) is 3.46. The van der Waals surface area contributed by atoms with Gasteiger partial charge < -0.3 is 14.6 Å². The highest BCUT2D eigenvalue weighted by Crippen LogP contribution is 2.30. The Morgan fingerprint density at radius 2 is 1.95 bits per heavy atom. The van der Waals surface area contributed by atoms with Crippen molar-refractivity contribution in [3.8, 4) is 11.5 Å². The second-order valence-corrected chi connectivity index (χ2v) is 5.26. The van der Waals surface area contributed by atoms with Crippen molar-refractivity contribution >= 4 is 17.6 Å². The van der Waals surface area contributed by atoms with Crippen LogP contribution >= 0.6 is 11.6 Å². The summed E-state index contributed by atoms with van der Waals surface area (Å²) in [6.45, 7) is 0. The van der Waals surface area contributed by atoms with Crippen molar-refractivity contribution in [2.24, 2.45) is 0 Å². The molecule has 2 aromatic carbocycles. The molecule has 0 heterocycles. The Balaban J connectivity index is 2.38. The summed E-state index contributed by atoms with van der Waals surface area (Å²) in [6, 6.07) is 12.2. The van der Waals surface area contributed by atoms with E-state index in [1.54, 1.807) is 56.7 Å². The fourth-order valence-electron chi connectivity index (χ4n) is 2.33. The van der Waals surface area contributed by atoms with Crippen LogP contribution in [-0.4, -0.2) is 25.3 Å². The van der Waals surface area contributed by atoms with Crippen molar-refractivity contribution in [3.63, 3.8) is 0 Å². The van der Waals surface area contributed by atoms with Crippen molar-refractivity contribution in [3.05, 3.63) is 58.6 Å². The molecule has 0 fully saturated rings. The number of aliphatic carboxylic acids is 1. The van der Waals surface area contributed by atoms with Crippen LogP contribution in [0.5, 0.6) is 11.5 Å². The fraction of sp³-hybridized carbons (Fsp3) is 0.235. The Morgan fingerprint density at radius 3 is 2.55 bits per heavy atom. The van der Waals surface area contributed by atoms with Gasteiger partial charge in [0.1, 0.15) is 11.5 Å². The summed E-state index contributed by atoms with van der Waals surface area (Å²) >= 11 is 5.97. The molecule has 4 nitrogen and oxygen atoms in total. The van der Waals surface area contributed by atoms with Crippen LogP contribution in [0, 0.1) is 0 Å². The van der Waals surface area contributed by atoms with E-state index in [0.29, 0.717) is 22.1 Å². The number of hydrogen-bond donors (Lipinski definition) is 1. The average molecular weight is 321 g/mol. The molecule has 0 saturated carbocycles. The molecule has 0 amide bonds. The van der Waals surface area contributed by atoms with Crippen molar-refractivity contribution in [2.45, 2.75) is 12.3 Å². The summed E-state index contributed by atoms with van der Waals surface area (Å²) < 4.78 is 10.5. The van der Waals surface area contributed by atoms with Crippen LogP contribution in [0.25, 0.3) is 0 Å². The van der Waals surface area contributed by atoms with Crippen LogP contribution < -0.4 is 9.47 Å². The number of carboxylic acids is 1. The van der Waals surface area contributed by atoms with E-state index in [1.807, 2.05) is 0 Å². The molecule has 22 heavy (non-hydrogen) atoms. The number of ether oxygens (including phenoxy) is 2. The Morgan fingerprint density at radius 1 is 1.18 bits per heavy atom. The molecule has 0 radical (unpaired) electrons. The number of rotatable bonds is 6. The highest BCUT2D eigenvalue weighted by Gasteiger charge is 2.22. The molecular weight excluding hydrogens is 304 g/mol. The van der Waals surface area contributed by atoms with Gasteiger partial charge in [0, 0.05) is 5.02 Å². The smallest absolute Gasteiger partial charge is 0.311 e.